The summed E-state index contributed by atoms with van der Waals surface area (Å²) in [5, 5.41) is 0.553. The molecule has 26 heavy (non-hydrogen) atoms. The molecule has 134 valence electrons. The van der Waals surface area contributed by atoms with Crippen LogP contribution in [0.15, 0.2) is 59.8 Å². The highest BCUT2D eigenvalue weighted by atomic mass is 32.2. The van der Waals surface area contributed by atoms with E-state index in [-0.39, 0.29) is 17.5 Å². The van der Waals surface area contributed by atoms with Crippen molar-refractivity contribution in [2.75, 3.05) is 0 Å². The highest BCUT2D eigenvalue weighted by molar-refractivity contribution is 7.98. The first-order valence-electron chi connectivity index (χ1n) is 8.20. The van der Waals surface area contributed by atoms with Crippen LogP contribution in [-0.2, 0) is 5.75 Å². The van der Waals surface area contributed by atoms with Gasteiger partial charge < -0.3 is 4.74 Å². The van der Waals surface area contributed by atoms with Gasteiger partial charge in [0.05, 0.1) is 5.69 Å². The van der Waals surface area contributed by atoms with Crippen molar-refractivity contribution in [3.8, 4) is 11.6 Å². The molecule has 0 unspecified atom stereocenters. The van der Waals surface area contributed by atoms with Gasteiger partial charge >= 0.3 is 0 Å². The summed E-state index contributed by atoms with van der Waals surface area (Å²) < 4.78 is 32.5. The van der Waals surface area contributed by atoms with Crippen LogP contribution in [0.25, 0.3) is 0 Å². The van der Waals surface area contributed by atoms with Crippen LogP contribution < -0.4 is 4.74 Å². The Kier molecular flexibility index (Phi) is 5.83. The van der Waals surface area contributed by atoms with Gasteiger partial charge in [-0.2, -0.15) is 4.98 Å². The predicted octanol–water partition coefficient (Wildman–Crippen LogP) is 5.96. The van der Waals surface area contributed by atoms with Gasteiger partial charge in [0.1, 0.15) is 5.82 Å². The largest absolute Gasteiger partial charge is 0.436 e. The van der Waals surface area contributed by atoms with E-state index in [2.05, 4.69) is 9.97 Å². The van der Waals surface area contributed by atoms with E-state index in [1.165, 1.54) is 17.8 Å². The average Bonchev–Trinajstić information content (AvgIpc) is 2.63. The number of benzene rings is 2. The van der Waals surface area contributed by atoms with Gasteiger partial charge in [-0.25, -0.2) is 13.8 Å². The summed E-state index contributed by atoms with van der Waals surface area (Å²) in [6.45, 7) is 4.02. The van der Waals surface area contributed by atoms with Gasteiger partial charge in [0.2, 0.25) is 5.88 Å². The van der Waals surface area contributed by atoms with Crippen LogP contribution in [0.4, 0.5) is 8.78 Å². The lowest BCUT2D eigenvalue weighted by atomic mass is 10.1. The lowest BCUT2D eigenvalue weighted by molar-refractivity contribution is 0.417. The maximum absolute atomic E-state index is 13.9. The molecule has 0 N–H and O–H groups in total. The molecular weight excluding hydrogens is 354 g/mol. The van der Waals surface area contributed by atoms with E-state index in [9.17, 15) is 8.78 Å². The maximum atomic E-state index is 13.9. The number of hydrogen-bond donors (Lipinski definition) is 0. The Labute approximate surface area is 155 Å². The van der Waals surface area contributed by atoms with Crippen molar-refractivity contribution in [1.82, 2.24) is 9.97 Å². The van der Waals surface area contributed by atoms with Gasteiger partial charge in [-0.05, 0) is 23.6 Å². The molecule has 0 bridgehead atoms. The van der Waals surface area contributed by atoms with Crippen molar-refractivity contribution in [2.24, 2.45) is 0 Å². The average molecular weight is 372 g/mol. The smallest absolute Gasteiger partial charge is 0.223 e. The predicted molar refractivity (Wildman–Crippen MR) is 98.6 cm³/mol. The van der Waals surface area contributed by atoms with E-state index in [1.54, 1.807) is 6.07 Å². The minimum Gasteiger partial charge on any atom is -0.436 e. The van der Waals surface area contributed by atoms with E-state index in [0.717, 1.165) is 23.4 Å². The fourth-order valence-electron chi connectivity index (χ4n) is 2.23. The molecule has 0 aliphatic rings. The van der Waals surface area contributed by atoms with Crippen molar-refractivity contribution >= 4 is 11.8 Å². The zero-order valence-corrected chi connectivity index (χ0v) is 15.3. The van der Waals surface area contributed by atoms with Crippen LogP contribution in [0, 0.1) is 11.6 Å². The van der Waals surface area contributed by atoms with Crippen LogP contribution in [0.1, 0.15) is 31.0 Å². The Hall–Kier alpha value is -2.47. The second-order valence-corrected chi connectivity index (χ2v) is 6.96. The number of aromatic nitrogens is 2. The van der Waals surface area contributed by atoms with Gasteiger partial charge in [-0.1, -0.05) is 55.9 Å². The summed E-state index contributed by atoms with van der Waals surface area (Å²) >= 11 is 1.48. The van der Waals surface area contributed by atoms with Gasteiger partial charge in [0.15, 0.2) is 16.7 Å². The van der Waals surface area contributed by atoms with Crippen LogP contribution in [0.5, 0.6) is 11.6 Å². The highest BCUT2D eigenvalue weighted by Gasteiger charge is 2.12. The molecule has 0 spiro atoms. The molecule has 6 heteroatoms. The van der Waals surface area contributed by atoms with E-state index in [1.807, 2.05) is 44.2 Å². The summed E-state index contributed by atoms with van der Waals surface area (Å²) in [6, 6.07) is 14.8. The fourth-order valence-corrected chi connectivity index (χ4v) is 3.04. The Bertz CT molecular complexity index is 888. The van der Waals surface area contributed by atoms with Crippen molar-refractivity contribution in [1.29, 1.82) is 0 Å². The van der Waals surface area contributed by atoms with Crippen LogP contribution in [-0.4, -0.2) is 9.97 Å². The van der Waals surface area contributed by atoms with Crippen molar-refractivity contribution in [3.63, 3.8) is 0 Å². The number of ether oxygens (including phenoxy) is 1. The zero-order chi connectivity index (χ0) is 18.5. The summed E-state index contributed by atoms with van der Waals surface area (Å²) in [5.74, 6) is -0.377. The quantitative estimate of drug-likeness (QED) is 0.395. The molecule has 0 aliphatic heterocycles. The molecule has 0 saturated heterocycles. The van der Waals surface area contributed by atoms with E-state index in [0.29, 0.717) is 10.9 Å². The SMILES string of the molecule is CC(C)c1cc(Oc2ccc(F)cc2F)nc(SCc2ccccc2)n1. The first kappa shape index (κ1) is 18.3. The lowest BCUT2D eigenvalue weighted by Crippen LogP contribution is -2.00. The van der Waals surface area contributed by atoms with Gasteiger partial charge in [-0.15, -0.1) is 0 Å². The molecule has 0 amide bonds. The zero-order valence-electron chi connectivity index (χ0n) is 14.4. The third kappa shape index (κ3) is 4.79. The minimum absolute atomic E-state index is 0.0705. The van der Waals surface area contributed by atoms with Crippen LogP contribution in [0.3, 0.4) is 0 Å². The molecule has 3 aromatic rings. The third-order valence-electron chi connectivity index (χ3n) is 3.61. The van der Waals surface area contributed by atoms with Crippen molar-refractivity contribution in [2.45, 2.75) is 30.7 Å². The Morgan fingerprint density at radius 1 is 1.00 bits per heavy atom. The van der Waals surface area contributed by atoms with Crippen molar-refractivity contribution < 1.29 is 13.5 Å². The normalized spacial score (nSPS) is 11.0. The molecule has 0 atom stereocenters. The van der Waals surface area contributed by atoms with Gasteiger partial charge in [0.25, 0.3) is 0 Å². The minimum atomic E-state index is -0.770. The standard InChI is InChI=1S/C20H18F2N2OS/c1-13(2)17-11-19(25-18-9-8-15(21)10-16(18)22)24-20(23-17)26-12-14-6-4-3-5-7-14/h3-11,13H,12H2,1-2H3. The first-order chi connectivity index (χ1) is 12.5. The first-order valence-corrected chi connectivity index (χ1v) is 9.18. The molecule has 0 aliphatic carbocycles. The molecular formula is C20H18F2N2OS. The van der Waals surface area contributed by atoms with Crippen LogP contribution in [0.2, 0.25) is 0 Å². The lowest BCUT2D eigenvalue weighted by Gasteiger charge is -2.11. The third-order valence-corrected chi connectivity index (χ3v) is 4.53. The topological polar surface area (TPSA) is 35.0 Å². The van der Waals surface area contributed by atoms with Crippen molar-refractivity contribution in [3.05, 3.63) is 77.5 Å². The van der Waals surface area contributed by atoms with Gasteiger partial charge in [-0.3, -0.25) is 0 Å². The number of halogens is 2. The molecule has 3 rings (SSSR count). The number of rotatable bonds is 6. The van der Waals surface area contributed by atoms with Crippen LogP contribution >= 0.6 is 11.8 Å². The summed E-state index contributed by atoms with van der Waals surface area (Å²) in [4.78, 5) is 8.90. The number of hydrogen-bond acceptors (Lipinski definition) is 4. The van der Waals surface area contributed by atoms with E-state index < -0.39 is 11.6 Å². The summed E-state index contributed by atoms with van der Waals surface area (Å²) in [7, 11) is 0. The molecule has 1 aromatic heterocycles. The summed E-state index contributed by atoms with van der Waals surface area (Å²) in [6.07, 6.45) is 0. The Balaban J connectivity index is 1.83. The van der Waals surface area contributed by atoms with Gasteiger partial charge in [0, 0.05) is 17.9 Å². The fraction of sp³-hybridized carbons (Fsp3) is 0.200. The maximum Gasteiger partial charge on any atom is 0.223 e. The van der Waals surface area contributed by atoms with E-state index in [4.69, 9.17) is 4.74 Å². The Morgan fingerprint density at radius 2 is 1.77 bits per heavy atom. The number of nitrogens with zero attached hydrogens (tertiary/aromatic N) is 2. The molecule has 2 aromatic carbocycles. The van der Waals surface area contributed by atoms with E-state index >= 15 is 0 Å². The summed E-state index contributed by atoms with van der Waals surface area (Å²) in [5.41, 5.74) is 1.95. The molecule has 1 heterocycles. The second kappa shape index (κ2) is 8.27. The molecule has 0 saturated carbocycles. The Morgan fingerprint density at radius 3 is 2.46 bits per heavy atom. The highest BCUT2D eigenvalue weighted by Crippen LogP contribution is 2.29. The number of thioether (sulfide) groups is 1. The monoisotopic (exact) mass is 372 g/mol. The second-order valence-electron chi connectivity index (χ2n) is 6.02. The molecule has 0 radical (unpaired) electrons. The molecule has 0 fully saturated rings. The molecule has 3 nitrogen and oxygen atoms in total.